The van der Waals surface area contributed by atoms with Crippen LogP contribution in [-0.2, 0) is 13.0 Å². The van der Waals surface area contributed by atoms with Crippen molar-refractivity contribution in [2.24, 2.45) is 0 Å². The highest BCUT2D eigenvalue weighted by Crippen LogP contribution is 2.15. The molecule has 0 aliphatic carbocycles. The van der Waals surface area contributed by atoms with Crippen molar-refractivity contribution in [1.82, 2.24) is 15.2 Å². The molecule has 2 rings (SSSR count). The van der Waals surface area contributed by atoms with Crippen LogP contribution in [0.2, 0.25) is 0 Å². The second kappa shape index (κ2) is 5.75. The molecule has 3 nitrogen and oxygen atoms in total. The highest BCUT2D eigenvalue weighted by molar-refractivity contribution is 7.09. The van der Waals surface area contributed by atoms with Gasteiger partial charge >= 0.3 is 0 Å². The van der Waals surface area contributed by atoms with Gasteiger partial charge in [-0.1, -0.05) is 13.3 Å². The lowest BCUT2D eigenvalue weighted by Crippen LogP contribution is -2.49. The summed E-state index contributed by atoms with van der Waals surface area (Å²) in [5, 5.41) is 6.91. The third kappa shape index (κ3) is 3.03. The number of hydrogen-bond acceptors (Lipinski definition) is 4. The first-order chi connectivity index (χ1) is 7.79. The SMILES string of the molecule is CCCc1csc(CN2CCNC[C@H]2C)n1. The molecule has 1 fully saturated rings. The van der Waals surface area contributed by atoms with Crippen LogP contribution in [0, 0.1) is 0 Å². The van der Waals surface area contributed by atoms with Crippen molar-refractivity contribution < 1.29 is 0 Å². The zero-order valence-electron chi connectivity index (χ0n) is 10.2. The highest BCUT2D eigenvalue weighted by Gasteiger charge is 2.18. The predicted octanol–water partition coefficient (Wildman–Crippen LogP) is 1.89. The molecule has 1 N–H and O–H groups in total. The molecule has 1 aromatic heterocycles. The zero-order chi connectivity index (χ0) is 11.4. The fourth-order valence-electron chi connectivity index (χ4n) is 2.08. The minimum atomic E-state index is 0.632. The maximum atomic E-state index is 4.68. The summed E-state index contributed by atoms with van der Waals surface area (Å²) in [5.74, 6) is 0. The Balaban J connectivity index is 1.91. The molecule has 1 aliphatic rings. The summed E-state index contributed by atoms with van der Waals surface area (Å²) in [6.07, 6.45) is 2.31. The van der Waals surface area contributed by atoms with E-state index in [-0.39, 0.29) is 0 Å². The fraction of sp³-hybridized carbons (Fsp3) is 0.750. The number of rotatable bonds is 4. The molecule has 0 spiro atoms. The third-order valence-corrected chi connectivity index (χ3v) is 3.97. The van der Waals surface area contributed by atoms with E-state index in [1.165, 1.54) is 17.1 Å². The van der Waals surface area contributed by atoms with Gasteiger partial charge in [-0.25, -0.2) is 4.98 Å². The maximum Gasteiger partial charge on any atom is 0.107 e. The Morgan fingerprint density at radius 3 is 3.25 bits per heavy atom. The molecule has 1 atom stereocenters. The van der Waals surface area contributed by atoms with Crippen molar-refractivity contribution in [1.29, 1.82) is 0 Å². The van der Waals surface area contributed by atoms with E-state index >= 15 is 0 Å². The number of thiazole rings is 1. The van der Waals surface area contributed by atoms with Gasteiger partial charge in [-0.2, -0.15) is 0 Å². The molecular weight excluding hydrogens is 218 g/mol. The second-order valence-electron chi connectivity index (χ2n) is 4.51. The molecular formula is C12H21N3S. The van der Waals surface area contributed by atoms with Gasteiger partial charge in [0, 0.05) is 31.1 Å². The van der Waals surface area contributed by atoms with E-state index < -0.39 is 0 Å². The molecule has 0 bridgehead atoms. The summed E-state index contributed by atoms with van der Waals surface area (Å²) in [7, 11) is 0. The average Bonchev–Trinajstić information content (AvgIpc) is 2.70. The fourth-order valence-corrected chi connectivity index (χ4v) is 2.94. The quantitative estimate of drug-likeness (QED) is 0.869. The summed E-state index contributed by atoms with van der Waals surface area (Å²) in [6.45, 7) is 8.87. The average molecular weight is 239 g/mol. The van der Waals surface area contributed by atoms with Crippen molar-refractivity contribution in [3.8, 4) is 0 Å². The summed E-state index contributed by atoms with van der Waals surface area (Å²) < 4.78 is 0. The number of aryl methyl sites for hydroxylation is 1. The number of nitrogens with zero attached hydrogens (tertiary/aromatic N) is 2. The van der Waals surface area contributed by atoms with Crippen molar-refractivity contribution in [2.45, 2.75) is 39.3 Å². The van der Waals surface area contributed by atoms with Crippen molar-refractivity contribution in [3.05, 3.63) is 16.1 Å². The van der Waals surface area contributed by atoms with E-state index in [0.29, 0.717) is 6.04 Å². The largest absolute Gasteiger partial charge is 0.314 e. The molecule has 2 heterocycles. The van der Waals surface area contributed by atoms with E-state index in [1.807, 2.05) is 11.3 Å². The van der Waals surface area contributed by atoms with Gasteiger partial charge in [-0.05, 0) is 13.3 Å². The van der Waals surface area contributed by atoms with E-state index in [9.17, 15) is 0 Å². The van der Waals surface area contributed by atoms with Gasteiger partial charge in [0.05, 0.1) is 12.2 Å². The lowest BCUT2D eigenvalue weighted by molar-refractivity contribution is 0.165. The van der Waals surface area contributed by atoms with Gasteiger partial charge in [0.2, 0.25) is 0 Å². The Hall–Kier alpha value is -0.450. The standard InChI is InChI=1S/C12H21N3S/c1-3-4-11-9-16-12(14-11)8-15-6-5-13-7-10(15)2/h9-10,13H,3-8H2,1-2H3/t10-/m1/s1. The first-order valence-electron chi connectivity index (χ1n) is 6.17. The summed E-state index contributed by atoms with van der Waals surface area (Å²) in [5.41, 5.74) is 1.27. The van der Waals surface area contributed by atoms with Crippen LogP contribution in [0.4, 0.5) is 0 Å². The van der Waals surface area contributed by atoms with E-state index in [4.69, 9.17) is 0 Å². The van der Waals surface area contributed by atoms with Crippen LogP contribution in [0.25, 0.3) is 0 Å². The first kappa shape index (κ1) is 12.0. The molecule has 1 aromatic rings. The van der Waals surface area contributed by atoms with E-state index in [2.05, 4.69) is 34.4 Å². The minimum absolute atomic E-state index is 0.632. The van der Waals surface area contributed by atoms with Crippen LogP contribution in [-0.4, -0.2) is 35.6 Å². The molecule has 4 heteroatoms. The van der Waals surface area contributed by atoms with Crippen LogP contribution in [0.15, 0.2) is 5.38 Å². The van der Waals surface area contributed by atoms with Gasteiger partial charge < -0.3 is 5.32 Å². The van der Waals surface area contributed by atoms with Crippen molar-refractivity contribution in [3.63, 3.8) is 0 Å². The molecule has 0 amide bonds. The molecule has 90 valence electrons. The molecule has 0 unspecified atom stereocenters. The van der Waals surface area contributed by atoms with Gasteiger partial charge in [0.15, 0.2) is 0 Å². The summed E-state index contributed by atoms with van der Waals surface area (Å²) in [6, 6.07) is 0.632. The van der Waals surface area contributed by atoms with E-state index in [0.717, 1.165) is 32.6 Å². The lowest BCUT2D eigenvalue weighted by Gasteiger charge is -2.33. The molecule has 1 saturated heterocycles. The third-order valence-electron chi connectivity index (χ3n) is 3.08. The zero-order valence-corrected chi connectivity index (χ0v) is 11.0. The Bertz CT molecular complexity index is 324. The highest BCUT2D eigenvalue weighted by atomic mass is 32.1. The number of nitrogens with one attached hydrogen (secondary N) is 1. The summed E-state index contributed by atoms with van der Waals surface area (Å²) >= 11 is 1.81. The predicted molar refractivity (Wildman–Crippen MR) is 68.9 cm³/mol. The van der Waals surface area contributed by atoms with Crippen molar-refractivity contribution in [2.75, 3.05) is 19.6 Å². The lowest BCUT2D eigenvalue weighted by atomic mass is 10.2. The van der Waals surface area contributed by atoms with Crippen molar-refractivity contribution >= 4 is 11.3 Å². The summed E-state index contributed by atoms with van der Waals surface area (Å²) in [4.78, 5) is 7.20. The van der Waals surface area contributed by atoms with E-state index in [1.54, 1.807) is 0 Å². The number of aromatic nitrogens is 1. The Morgan fingerprint density at radius 2 is 2.50 bits per heavy atom. The Labute approximate surface area is 102 Å². The van der Waals surface area contributed by atoms with Gasteiger partial charge in [-0.15, -0.1) is 11.3 Å². The second-order valence-corrected chi connectivity index (χ2v) is 5.45. The smallest absolute Gasteiger partial charge is 0.107 e. The van der Waals surface area contributed by atoms with Gasteiger partial charge in [0.1, 0.15) is 5.01 Å². The normalized spacial score (nSPS) is 22.5. The molecule has 1 aliphatic heterocycles. The van der Waals surface area contributed by atoms with Crippen LogP contribution in [0.5, 0.6) is 0 Å². The molecule has 0 radical (unpaired) electrons. The van der Waals surface area contributed by atoms with Crippen LogP contribution >= 0.6 is 11.3 Å². The molecule has 0 saturated carbocycles. The van der Waals surface area contributed by atoms with Crippen LogP contribution in [0.1, 0.15) is 31.0 Å². The molecule has 16 heavy (non-hydrogen) atoms. The van der Waals surface area contributed by atoms with Gasteiger partial charge in [0.25, 0.3) is 0 Å². The Morgan fingerprint density at radius 1 is 1.62 bits per heavy atom. The Kier molecular flexibility index (Phi) is 4.32. The minimum Gasteiger partial charge on any atom is -0.314 e. The number of piperazine rings is 1. The van der Waals surface area contributed by atoms with Gasteiger partial charge in [-0.3, -0.25) is 4.90 Å². The number of hydrogen-bond donors (Lipinski definition) is 1. The first-order valence-corrected chi connectivity index (χ1v) is 7.05. The maximum absolute atomic E-state index is 4.68. The monoisotopic (exact) mass is 239 g/mol. The molecule has 0 aromatic carbocycles. The van der Waals surface area contributed by atoms with Crippen LogP contribution < -0.4 is 5.32 Å². The van der Waals surface area contributed by atoms with Crippen LogP contribution in [0.3, 0.4) is 0 Å². The topological polar surface area (TPSA) is 28.2 Å².